The maximum atomic E-state index is 12.5. The number of nitriles is 1. The van der Waals surface area contributed by atoms with E-state index in [1.165, 1.54) is 5.56 Å². The maximum absolute atomic E-state index is 12.5. The van der Waals surface area contributed by atoms with E-state index in [1.807, 2.05) is 24.3 Å². The third-order valence-corrected chi connectivity index (χ3v) is 5.49. The predicted octanol–water partition coefficient (Wildman–Crippen LogP) is 3.06. The molecule has 0 aliphatic carbocycles. The van der Waals surface area contributed by atoms with Crippen LogP contribution < -0.4 is 4.90 Å². The summed E-state index contributed by atoms with van der Waals surface area (Å²) in [5.41, 5.74) is 2.34. The van der Waals surface area contributed by atoms with E-state index >= 15 is 0 Å². The average molecular weight is 379 g/mol. The largest absolute Gasteiger partial charge is 0.332 e. The minimum atomic E-state index is -0.144. The Labute approximate surface area is 163 Å². The molecular formula is C21H21N3O2S. The molecular weight excluding hydrogens is 358 g/mol. The molecule has 0 saturated carbocycles. The molecule has 1 aliphatic rings. The number of nitrogens with zero attached hydrogens (tertiary/aromatic N) is 3. The van der Waals surface area contributed by atoms with Crippen molar-refractivity contribution in [2.45, 2.75) is 12.2 Å². The first-order valence-electron chi connectivity index (χ1n) is 8.88. The lowest BCUT2D eigenvalue weighted by Gasteiger charge is -2.34. The Bertz CT molecular complexity index is 848. The number of hydrogen-bond acceptors (Lipinski definition) is 4. The van der Waals surface area contributed by atoms with Crippen molar-refractivity contribution in [3.63, 3.8) is 0 Å². The quantitative estimate of drug-likeness (QED) is 0.724. The van der Waals surface area contributed by atoms with Crippen LogP contribution in [0.15, 0.2) is 54.6 Å². The van der Waals surface area contributed by atoms with Crippen molar-refractivity contribution in [3.05, 3.63) is 65.7 Å². The van der Waals surface area contributed by atoms with E-state index < -0.39 is 0 Å². The Morgan fingerprint density at radius 3 is 2.56 bits per heavy atom. The van der Waals surface area contributed by atoms with Crippen LogP contribution in [0.5, 0.6) is 0 Å². The minimum absolute atomic E-state index is 0.0112. The highest BCUT2D eigenvalue weighted by Gasteiger charge is 2.28. The molecule has 2 aromatic rings. The van der Waals surface area contributed by atoms with Gasteiger partial charge in [-0.25, -0.2) is 0 Å². The third-order valence-electron chi connectivity index (χ3n) is 4.46. The summed E-state index contributed by atoms with van der Waals surface area (Å²) in [6.45, 7) is 0.982. The minimum Gasteiger partial charge on any atom is -0.332 e. The Hall–Kier alpha value is -2.78. The number of rotatable bonds is 6. The fourth-order valence-electron chi connectivity index (χ4n) is 3.03. The first-order chi connectivity index (χ1) is 13.2. The molecule has 0 radical (unpaired) electrons. The van der Waals surface area contributed by atoms with Crippen LogP contribution >= 0.6 is 11.8 Å². The van der Waals surface area contributed by atoms with Crippen molar-refractivity contribution in [1.29, 1.82) is 5.26 Å². The fraction of sp³-hybridized carbons (Fsp3) is 0.286. The number of hydrogen-bond donors (Lipinski definition) is 0. The molecule has 0 aromatic heterocycles. The summed E-state index contributed by atoms with van der Waals surface area (Å²) in [7, 11) is 0. The average Bonchev–Trinajstić information content (AvgIpc) is 2.71. The summed E-state index contributed by atoms with van der Waals surface area (Å²) in [5, 5.41) is 9.22. The zero-order valence-electron chi connectivity index (χ0n) is 15.0. The van der Waals surface area contributed by atoms with Crippen LogP contribution in [-0.2, 0) is 15.3 Å². The lowest BCUT2D eigenvalue weighted by molar-refractivity contribution is -0.136. The summed E-state index contributed by atoms with van der Waals surface area (Å²) in [4.78, 5) is 28.1. The van der Waals surface area contributed by atoms with Crippen LogP contribution in [0.4, 0.5) is 5.69 Å². The first kappa shape index (κ1) is 19.0. The van der Waals surface area contributed by atoms with Gasteiger partial charge in [-0.1, -0.05) is 42.5 Å². The molecule has 5 nitrogen and oxygen atoms in total. The van der Waals surface area contributed by atoms with Crippen molar-refractivity contribution >= 4 is 29.3 Å². The molecule has 0 unspecified atom stereocenters. The van der Waals surface area contributed by atoms with Gasteiger partial charge in [0.2, 0.25) is 11.8 Å². The van der Waals surface area contributed by atoms with Gasteiger partial charge >= 0.3 is 0 Å². The number of benzene rings is 2. The second-order valence-electron chi connectivity index (χ2n) is 6.28. The van der Waals surface area contributed by atoms with Crippen LogP contribution in [0.25, 0.3) is 0 Å². The SMILES string of the molecule is N#Cc1ccccc1N1CCN(C(=O)CCSCc2ccccc2)CC1=O. The van der Waals surface area contributed by atoms with Gasteiger partial charge in [-0.3, -0.25) is 9.59 Å². The van der Waals surface area contributed by atoms with Crippen molar-refractivity contribution in [2.24, 2.45) is 0 Å². The molecule has 2 aromatic carbocycles. The van der Waals surface area contributed by atoms with Crippen LogP contribution in [0.3, 0.4) is 0 Å². The Balaban J connectivity index is 1.48. The number of amides is 2. The standard InChI is InChI=1S/C21H21N3O2S/c22-14-18-8-4-5-9-19(18)24-12-11-23(15-21(24)26)20(25)10-13-27-16-17-6-2-1-3-7-17/h1-9H,10-13,15-16H2. The van der Waals surface area contributed by atoms with Crippen LogP contribution in [0.2, 0.25) is 0 Å². The lowest BCUT2D eigenvalue weighted by atomic mass is 10.1. The van der Waals surface area contributed by atoms with Gasteiger partial charge in [0, 0.05) is 31.0 Å². The molecule has 138 valence electrons. The molecule has 1 aliphatic heterocycles. The zero-order valence-corrected chi connectivity index (χ0v) is 15.8. The van der Waals surface area contributed by atoms with E-state index in [0.717, 1.165) is 11.5 Å². The molecule has 0 N–H and O–H groups in total. The molecule has 2 amide bonds. The van der Waals surface area contributed by atoms with E-state index in [2.05, 4.69) is 18.2 Å². The molecule has 1 saturated heterocycles. The summed E-state index contributed by atoms with van der Waals surface area (Å²) >= 11 is 1.72. The van der Waals surface area contributed by atoms with E-state index in [9.17, 15) is 14.9 Å². The number of carbonyl (C=O) groups excluding carboxylic acids is 2. The highest BCUT2D eigenvalue weighted by atomic mass is 32.2. The molecule has 0 bridgehead atoms. The van der Waals surface area contributed by atoms with Crippen molar-refractivity contribution in [1.82, 2.24) is 4.90 Å². The van der Waals surface area contributed by atoms with Crippen molar-refractivity contribution in [2.75, 3.05) is 30.3 Å². The van der Waals surface area contributed by atoms with Gasteiger partial charge in [-0.05, 0) is 17.7 Å². The van der Waals surface area contributed by atoms with Crippen molar-refractivity contribution in [3.8, 4) is 6.07 Å². The van der Waals surface area contributed by atoms with Crippen LogP contribution in [-0.4, -0.2) is 42.1 Å². The molecule has 0 atom stereocenters. The third kappa shape index (κ3) is 4.89. The highest BCUT2D eigenvalue weighted by molar-refractivity contribution is 7.98. The van der Waals surface area contributed by atoms with Gasteiger partial charge in [-0.2, -0.15) is 17.0 Å². The van der Waals surface area contributed by atoms with Gasteiger partial charge in [0.25, 0.3) is 0 Å². The molecule has 1 fully saturated rings. The van der Waals surface area contributed by atoms with Crippen molar-refractivity contribution < 1.29 is 9.59 Å². The summed E-state index contributed by atoms with van der Waals surface area (Å²) in [5.74, 6) is 1.48. The van der Waals surface area contributed by atoms with E-state index in [0.29, 0.717) is 30.8 Å². The summed E-state index contributed by atoms with van der Waals surface area (Å²) < 4.78 is 0. The second kappa shape index (κ2) is 9.24. The normalized spacial score (nSPS) is 14.1. The predicted molar refractivity (Wildman–Crippen MR) is 107 cm³/mol. The number of thioether (sulfide) groups is 1. The molecule has 1 heterocycles. The smallest absolute Gasteiger partial charge is 0.246 e. The van der Waals surface area contributed by atoms with Crippen LogP contribution in [0.1, 0.15) is 17.5 Å². The fourth-order valence-corrected chi connectivity index (χ4v) is 3.92. The monoisotopic (exact) mass is 379 g/mol. The second-order valence-corrected chi connectivity index (χ2v) is 7.38. The Morgan fingerprint density at radius 2 is 1.81 bits per heavy atom. The number of para-hydroxylation sites is 1. The number of carbonyl (C=O) groups is 2. The summed E-state index contributed by atoms with van der Waals surface area (Å²) in [6, 6.07) is 19.3. The molecule has 3 rings (SSSR count). The van der Waals surface area contributed by atoms with Gasteiger partial charge in [-0.15, -0.1) is 0 Å². The maximum Gasteiger partial charge on any atom is 0.246 e. The van der Waals surface area contributed by atoms with E-state index in [-0.39, 0.29) is 18.4 Å². The Kier molecular flexibility index (Phi) is 6.50. The lowest BCUT2D eigenvalue weighted by Crippen LogP contribution is -2.52. The van der Waals surface area contributed by atoms with Crippen LogP contribution in [0, 0.1) is 11.3 Å². The van der Waals surface area contributed by atoms with Gasteiger partial charge in [0.05, 0.1) is 11.3 Å². The van der Waals surface area contributed by atoms with Gasteiger partial charge in [0.15, 0.2) is 0 Å². The number of piperazine rings is 1. The van der Waals surface area contributed by atoms with E-state index in [4.69, 9.17) is 0 Å². The highest BCUT2D eigenvalue weighted by Crippen LogP contribution is 2.22. The van der Waals surface area contributed by atoms with Gasteiger partial charge in [0.1, 0.15) is 12.6 Å². The Morgan fingerprint density at radius 1 is 1.07 bits per heavy atom. The number of anilines is 1. The zero-order chi connectivity index (χ0) is 19.1. The summed E-state index contributed by atoms with van der Waals surface area (Å²) in [6.07, 6.45) is 0.430. The van der Waals surface area contributed by atoms with E-state index in [1.54, 1.807) is 39.8 Å². The van der Waals surface area contributed by atoms with Gasteiger partial charge < -0.3 is 9.80 Å². The molecule has 6 heteroatoms. The first-order valence-corrected chi connectivity index (χ1v) is 10.0. The molecule has 27 heavy (non-hydrogen) atoms. The molecule has 0 spiro atoms. The topological polar surface area (TPSA) is 64.4 Å².